The molecule has 82 valence electrons. The smallest absolute Gasteiger partial charge is 0.0603 e. The highest BCUT2D eigenvalue weighted by atomic mass is 35.5. The molecule has 1 nitrogen and oxygen atoms in total. The van der Waals surface area contributed by atoms with Crippen molar-refractivity contribution < 1.29 is 0 Å². The Bertz CT molecular complexity index is 497. The molecular weight excluding hydrogens is 261 g/mol. The molecule has 0 aromatic heterocycles. The van der Waals surface area contributed by atoms with Gasteiger partial charge in [-0.05, 0) is 42.5 Å². The Morgan fingerprint density at radius 1 is 0.812 bits per heavy atom. The van der Waals surface area contributed by atoms with Crippen LogP contribution in [0.25, 0.3) is 0 Å². The molecule has 0 amide bonds. The normalized spacial score (nSPS) is 10.4. The van der Waals surface area contributed by atoms with Gasteiger partial charge in [0.2, 0.25) is 0 Å². The van der Waals surface area contributed by atoms with Gasteiger partial charge in [0.05, 0.1) is 10.0 Å². The Balaban J connectivity index is 2.20. The van der Waals surface area contributed by atoms with Crippen molar-refractivity contribution in [2.45, 2.75) is 9.79 Å². The molecule has 2 N–H and O–H groups in total. The van der Waals surface area contributed by atoms with Crippen molar-refractivity contribution in [3.8, 4) is 0 Å². The fourth-order valence-electron chi connectivity index (χ4n) is 1.21. The predicted octanol–water partition coefficient (Wildman–Crippen LogP) is 4.73. The maximum atomic E-state index is 5.94. The largest absolute Gasteiger partial charge is 0.399 e. The molecule has 0 spiro atoms. The Morgan fingerprint density at radius 2 is 1.44 bits per heavy atom. The van der Waals surface area contributed by atoms with Gasteiger partial charge in [-0.3, -0.25) is 0 Å². The van der Waals surface area contributed by atoms with Gasteiger partial charge in [-0.1, -0.05) is 35.0 Å². The third kappa shape index (κ3) is 2.85. The lowest BCUT2D eigenvalue weighted by molar-refractivity contribution is 1.41. The van der Waals surface area contributed by atoms with Gasteiger partial charge in [0.1, 0.15) is 0 Å². The lowest BCUT2D eigenvalue weighted by Gasteiger charge is -2.03. The Kier molecular flexibility index (Phi) is 3.64. The maximum absolute atomic E-state index is 5.94. The summed E-state index contributed by atoms with van der Waals surface area (Å²) in [5, 5.41) is 1.14. The van der Waals surface area contributed by atoms with Crippen molar-refractivity contribution in [2.75, 3.05) is 5.73 Å². The maximum Gasteiger partial charge on any atom is 0.0603 e. The summed E-state index contributed by atoms with van der Waals surface area (Å²) >= 11 is 13.4. The molecule has 2 rings (SSSR count). The zero-order valence-corrected chi connectivity index (χ0v) is 10.6. The van der Waals surface area contributed by atoms with Crippen LogP contribution in [0.1, 0.15) is 0 Å². The molecule has 2 aromatic rings. The van der Waals surface area contributed by atoms with Gasteiger partial charge >= 0.3 is 0 Å². The van der Waals surface area contributed by atoms with Crippen LogP contribution >= 0.6 is 35.0 Å². The van der Waals surface area contributed by atoms with Crippen LogP contribution < -0.4 is 5.73 Å². The lowest BCUT2D eigenvalue weighted by Crippen LogP contribution is -1.82. The number of hydrogen-bond donors (Lipinski definition) is 1. The SMILES string of the molecule is Nc1ccc(Sc2ccc(Cl)c(Cl)c2)cc1. The molecule has 0 saturated heterocycles. The fourth-order valence-corrected chi connectivity index (χ4v) is 2.43. The first-order valence-electron chi connectivity index (χ1n) is 4.63. The van der Waals surface area contributed by atoms with Gasteiger partial charge in [0.15, 0.2) is 0 Å². The highest BCUT2D eigenvalue weighted by Crippen LogP contribution is 2.32. The monoisotopic (exact) mass is 269 g/mol. The van der Waals surface area contributed by atoms with E-state index in [-0.39, 0.29) is 0 Å². The molecule has 0 heterocycles. The quantitative estimate of drug-likeness (QED) is 0.798. The summed E-state index contributed by atoms with van der Waals surface area (Å²) in [6, 6.07) is 13.3. The number of nitrogens with two attached hydrogens (primary N) is 1. The van der Waals surface area contributed by atoms with Crippen LogP contribution in [-0.4, -0.2) is 0 Å². The number of nitrogen functional groups attached to an aromatic ring is 1. The molecule has 0 saturated carbocycles. The van der Waals surface area contributed by atoms with Crippen molar-refractivity contribution in [1.82, 2.24) is 0 Å². The molecule has 0 aliphatic carbocycles. The van der Waals surface area contributed by atoms with Gasteiger partial charge < -0.3 is 5.73 Å². The number of halogens is 2. The van der Waals surface area contributed by atoms with E-state index < -0.39 is 0 Å². The molecular formula is C12H9Cl2NS. The first-order valence-corrected chi connectivity index (χ1v) is 6.21. The average Bonchev–Trinajstić information content (AvgIpc) is 2.27. The summed E-state index contributed by atoms with van der Waals surface area (Å²) in [4.78, 5) is 2.17. The summed E-state index contributed by atoms with van der Waals surface area (Å²) in [6.07, 6.45) is 0. The Labute approximate surface area is 109 Å². The third-order valence-electron chi connectivity index (χ3n) is 2.01. The summed E-state index contributed by atoms with van der Waals surface area (Å²) < 4.78 is 0. The van der Waals surface area contributed by atoms with Gasteiger partial charge in [0.25, 0.3) is 0 Å². The van der Waals surface area contributed by atoms with Gasteiger partial charge in [0, 0.05) is 15.5 Å². The van der Waals surface area contributed by atoms with E-state index in [1.807, 2.05) is 36.4 Å². The molecule has 16 heavy (non-hydrogen) atoms. The average molecular weight is 270 g/mol. The summed E-state index contributed by atoms with van der Waals surface area (Å²) in [5.74, 6) is 0. The van der Waals surface area contributed by atoms with Crippen molar-refractivity contribution >= 4 is 40.7 Å². The molecule has 0 atom stereocenters. The van der Waals surface area contributed by atoms with E-state index >= 15 is 0 Å². The van der Waals surface area contributed by atoms with Crippen LogP contribution in [0, 0.1) is 0 Å². The minimum Gasteiger partial charge on any atom is -0.399 e. The van der Waals surface area contributed by atoms with Crippen LogP contribution in [0.3, 0.4) is 0 Å². The van der Waals surface area contributed by atoms with E-state index in [2.05, 4.69) is 0 Å². The second kappa shape index (κ2) is 5.00. The standard InChI is InChI=1S/C12H9Cl2NS/c13-11-6-5-10(7-12(11)14)16-9-3-1-8(15)2-4-9/h1-7H,15H2. The van der Waals surface area contributed by atoms with Gasteiger partial charge in [-0.2, -0.15) is 0 Å². The summed E-state index contributed by atoms with van der Waals surface area (Å²) in [5.41, 5.74) is 6.38. The second-order valence-corrected chi connectivity index (χ2v) is 5.21. The van der Waals surface area contributed by atoms with Gasteiger partial charge in [-0.25, -0.2) is 0 Å². The first kappa shape index (κ1) is 11.6. The molecule has 0 fully saturated rings. The minimum absolute atomic E-state index is 0.571. The topological polar surface area (TPSA) is 26.0 Å². The summed E-state index contributed by atoms with van der Waals surface area (Å²) in [6.45, 7) is 0. The van der Waals surface area contributed by atoms with Gasteiger partial charge in [-0.15, -0.1) is 0 Å². The van der Waals surface area contributed by atoms with Crippen LogP contribution in [-0.2, 0) is 0 Å². The van der Waals surface area contributed by atoms with E-state index in [1.165, 1.54) is 0 Å². The van der Waals surface area contributed by atoms with Crippen molar-refractivity contribution in [1.29, 1.82) is 0 Å². The Hall–Kier alpha value is -0.830. The molecule has 0 aliphatic rings. The zero-order valence-electron chi connectivity index (χ0n) is 8.28. The van der Waals surface area contributed by atoms with Crippen LogP contribution in [0.4, 0.5) is 5.69 Å². The fraction of sp³-hybridized carbons (Fsp3) is 0. The molecule has 0 aliphatic heterocycles. The second-order valence-electron chi connectivity index (χ2n) is 3.25. The predicted molar refractivity (Wildman–Crippen MR) is 71.4 cm³/mol. The van der Waals surface area contributed by atoms with Crippen LogP contribution in [0.15, 0.2) is 52.3 Å². The summed E-state index contributed by atoms with van der Waals surface area (Å²) in [7, 11) is 0. The van der Waals surface area contributed by atoms with Crippen LogP contribution in [0.2, 0.25) is 10.0 Å². The first-order chi connectivity index (χ1) is 7.65. The van der Waals surface area contributed by atoms with Crippen LogP contribution in [0.5, 0.6) is 0 Å². The lowest BCUT2D eigenvalue weighted by atomic mass is 10.3. The number of rotatable bonds is 2. The third-order valence-corrected chi connectivity index (χ3v) is 3.74. The van der Waals surface area contributed by atoms with E-state index in [9.17, 15) is 0 Å². The Morgan fingerprint density at radius 3 is 2.06 bits per heavy atom. The van der Waals surface area contributed by atoms with Crippen molar-refractivity contribution in [3.63, 3.8) is 0 Å². The molecule has 0 unspecified atom stereocenters. The minimum atomic E-state index is 0.571. The molecule has 2 aromatic carbocycles. The molecule has 0 bridgehead atoms. The van der Waals surface area contributed by atoms with Crippen molar-refractivity contribution in [2.24, 2.45) is 0 Å². The zero-order chi connectivity index (χ0) is 11.5. The number of anilines is 1. The van der Waals surface area contributed by atoms with E-state index in [1.54, 1.807) is 17.8 Å². The number of hydrogen-bond acceptors (Lipinski definition) is 2. The van der Waals surface area contributed by atoms with Crippen molar-refractivity contribution in [3.05, 3.63) is 52.5 Å². The van der Waals surface area contributed by atoms with E-state index in [0.29, 0.717) is 10.0 Å². The highest BCUT2D eigenvalue weighted by Gasteiger charge is 2.01. The number of benzene rings is 2. The van der Waals surface area contributed by atoms with E-state index in [0.717, 1.165) is 15.5 Å². The highest BCUT2D eigenvalue weighted by molar-refractivity contribution is 7.99. The molecule has 4 heteroatoms. The molecule has 0 radical (unpaired) electrons. The van der Waals surface area contributed by atoms with E-state index in [4.69, 9.17) is 28.9 Å².